The summed E-state index contributed by atoms with van der Waals surface area (Å²) < 4.78 is 22.6. The molecule has 0 unspecified atom stereocenters. The van der Waals surface area contributed by atoms with E-state index < -0.39 is 5.79 Å². The van der Waals surface area contributed by atoms with Crippen molar-refractivity contribution >= 4 is 35.0 Å². The molecule has 0 N–H and O–H groups in total. The number of imidazole rings is 1. The Labute approximate surface area is 223 Å². The average Bonchev–Trinajstić information content (AvgIpc) is 3.60. The van der Waals surface area contributed by atoms with Gasteiger partial charge < -0.3 is 18.8 Å². The molecule has 8 nitrogen and oxygen atoms in total. The standard InChI is InChI=1S/C25H25Cl2N5O3S/c1-17(2)36-24-30-29-16-32(24)19-4-6-20(7-5-19)33-12-21-13-34-25(35-21,14-31-10-9-28-15-31)22-8-3-18(26)11-23(22)27/h3-11,15-17,21H,12-14H2,1-2H3/t21-,25-/m1/s1. The summed E-state index contributed by atoms with van der Waals surface area (Å²) in [5, 5.41) is 10.5. The van der Waals surface area contributed by atoms with Crippen LogP contribution in [0.15, 0.2) is 72.7 Å². The summed E-state index contributed by atoms with van der Waals surface area (Å²) in [5.41, 5.74) is 1.67. The lowest BCUT2D eigenvalue weighted by Crippen LogP contribution is -2.34. The molecule has 1 aliphatic heterocycles. The highest BCUT2D eigenvalue weighted by Crippen LogP contribution is 2.40. The zero-order chi connectivity index (χ0) is 25.1. The largest absolute Gasteiger partial charge is 0.491 e. The highest BCUT2D eigenvalue weighted by atomic mass is 35.5. The van der Waals surface area contributed by atoms with Crippen molar-refractivity contribution in [1.82, 2.24) is 24.3 Å². The Kier molecular flexibility index (Phi) is 7.55. The molecule has 1 aliphatic rings. The van der Waals surface area contributed by atoms with E-state index in [1.165, 1.54) is 0 Å². The molecule has 2 atom stereocenters. The van der Waals surface area contributed by atoms with E-state index in [9.17, 15) is 0 Å². The van der Waals surface area contributed by atoms with E-state index in [4.69, 9.17) is 37.4 Å². The Morgan fingerprint density at radius 2 is 2.00 bits per heavy atom. The van der Waals surface area contributed by atoms with Gasteiger partial charge in [0, 0.05) is 33.9 Å². The lowest BCUT2D eigenvalue weighted by molar-refractivity contribution is -0.189. The number of thioether (sulfide) groups is 1. The van der Waals surface area contributed by atoms with Gasteiger partial charge in [-0.15, -0.1) is 10.2 Å². The molecule has 2 aromatic heterocycles. The maximum Gasteiger partial charge on any atom is 0.215 e. The first-order valence-corrected chi connectivity index (χ1v) is 13.1. The number of aromatic nitrogens is 5. The topological polar surface area (TPSA) is 76.2 Å². The highest BCUT2D eigenvalue weighted by Gasteiger charge is 2.45. The lowest BCUT2D eigenvalue weighted by Gasteiger charge is -2.30. The minimum Gasteiger partial charge on any atom is -0.491 e. The fourth-order valence-corrected chi connectivity index (χ4v) is 5.29. The molecule has 0 bridgehead atoms. The van der Waals surface area contributed by atoms with Crippen molar-refractivity contribution in [3.8, 4) is 11.4 Å². The van der Waals surface area contributed by atoms with Crippen molar-refractivity contribution < 1.29 is 14.2 Å². The zero-order valence-corrected chi connectivity index (χ0v) is 22.1. The number of rotatable bonds is 9. The van der Waals surface area contributed by atoms with E-state index in [0.717, 1.165) is 16.6 Å². The molecule has 0 saturated carbocycles. The first-order chi connectivity index (χ1) is 17.4. The van der Waals surface area contributed by atoms with Crippen LogP contribution in [0, 0.1) is 0 Å². The molecule has 11 heteroatoms. The van der Waals surface area contributed by atoms with Crippen molar-refractivity contribution in [1.29, 1.82) is 0 Å². The van der Waals surface area contributed by atoms with Gasteiger partial charge >= 0.3 is 0 Å². The van der Waals surface area contributed by atoms with Crippen LogP contribution in [0.2, 0.25) is 10.0 Å². The SMILES string of the molecule is CC(C)Sc1nncn1-c1ccc(OC[C@@H]2CO[C@@](Cn3ccnc3)(c3ccc(Cl)cc3Cl)O2)cc1. The molecule has 5 rings (SSSR count). The summed E-state index contributed by atoms with van der Waals surface area (Å²) in [6.45, 7) is 5.30. The van der Waals surface area contributed by atoms with Crippen LogP contribution >= 0.6 is 35.0 Å². The van der Waals surface area contributed by atoms with Crippen LogP contribution < -0.4 is 4.74 Å². The van der Waals surface area contributed by atoms with E-state index in [1.54, 1.807) is 42.7 Å². The first-order valence-electron chi connectivity index (χ1n) is 11.4. The molecule has 0 amide bonds. The molecule has 0 spiro atoms. The van der Waals surface area contributed by atoms with Gasteiger partial charge in [-0.3, -0.25) is 4.57 Å². The second kappa shape index (κ2) is 10.8. The zero-order valence-electron chi connectivity index (χ0n) is 19.8. The number of hydrogen-bond acceptors (Lipinski definition) is 7. The Balaban J connectivity index is 1.27. The molecule has 2 aromatic carbocycles. The van der Waals surface area contributed by atoms with Crippen LogP contribution in [0.3, 0.4) is 0 Å². The van der Waals surface area contributed by atoms with Gasteiger partial charge in [-0.1, -0.05) is 54.9 Å². The van der Waals surface area contributed by atoms with Gasteiger partial charge in [-0.25, -0.2) is 4.98 Å². The number of nitrogens with zero attached hydrogens (tertiary/aromatic N) is 5. The third-order valence-corrected chi connectivity index (χ3v) is 7.07. The van der Waals surface area contributed by atoms with Crippen molar-refractivity contribution in [2.45, 2.75) is 42.7 Å². The minimum absolute atomic E-state index is 0.299. The van der Waals surface area contributed by atoms with E-state index in [2.05, 4.69) is 29.0 Å². The molecule has 4 aromatic rings. The molecule has 188 valence electrons. The van der Waals surface area contributed by atoms with Crippen LogP contribution in [-0.2, 0) is 21.8 Å². The van der Waals surface area contributed by atoms with Gasteiger partial charge in [0.1, 0.15) is 24.8 Å². The normalized spacial score (nSPS) is 19.8. The summed E-state index contributed by atoms with van der Waals surface area (Å²) in [5.74, 6) is -0.357. The monoisotopic (exact) mass is 545 g/mol. The van der Waals surface area contributed by atoms with Gasteiger partial charge in [0.25, 0.3) is 0 Å². The molecule has 0 radical (unpaired) electrons. The second-order valence-electron chi connectivity index (χ2n) is 8.62. The summed E-state index contributed by atoms with van der Waals surface area (Å²) in [4.78, 5) is 4.13. The quantitative estimate of drug-likeness (QED) is 0.252. The molecule has 1 saturated heterocycles. The molecule has 1 fully saturated rings. The van der Waals surface area contributed by atoms with Gasteiger partial charge in [0.2, 0.25) is 5.79 Å². The Hall–Kier alpha value is -2.56. The van der Waals surface area contributed by atoms with Gasteiger partial charge in [-0.05, 0) is 36.4 Å². The summed E-state index contributed by atoms with van der Waals surface area (Å²) in [6.07, 6.45) is 6.69. The lowest BCUT2D eigenvalue weighted by atomic mass is 10.1. The van der Waals surface area contributed by atoms with Gasteiger partial charge in [0.05, 0.1) is 24.5 Å². The third-order valence-electron chi connectivity index (χ3n) is 5.56. The van der Waals surface area contributed by atoms with Crippen LogP contribution in [0.5, 0.6) is 5.75 Å². The minimum atomic E-state index is -1.08. The van der Waals surface area contributed by atoms with Crippen molar-refractivity contribution in [3.63, 3.8) is 0 Å². The van der Waals surface area contributed by atoms with Crippen LogP contribution in [0.25, 0.3) is 5.69 Å². The van der Waals surface area contributed by atoms with Crippen molar-refractivity contribution in [3.05, 3.63) is 83.1 Å². The fraction of sp³-hybridized carbons (Fsp3) is 0.320. The summed E-state index contributed by atoms with van der Waals surface area (Å²) in [7, 11) is 0. The van der Waals surface area contributed by atoms with Crippen LogP contribution in [0.1, 0.15) is 19.4 Å². The van der Waals surface area contributed by atoms with Crippen LogP contribution in [-0.4, -0.2) is 48.9 Å². The number of ether oxygens (including phenoxy) is 3. The average molecular weight is 546 g/mol. The second-order valence-corrected chi connectivity index (χ2v) is 11.0. The summed E-state index contributed by atoms with van der Waals surface area (Å²) in [6, 6.07) is 13.1. The predicted molar refractivity (Wildman–Crippen MR) is 139 cm³/mol. The Bertz CT molecular complexity index is 1300. The van der Waals surface area contributed by atoms with Crippen molar-refractivity contribution in [2.75, 3.05) is 13.2 Å². The van der Waals surface area contributed by atoms with Crippen molar-refractivity contribution in [2.24, 2.45) is 0 Å². The highest BCUT2D eigenvalue weighted by molar-refractivity contribution is 7.99. The van der Waals surface area contributed by atoms with E-state index in [-0.39, 0.29) is 6.10 Å². The first kappa shape index (κ1) is 25.1. The number of hydrogen-bond donors (Lipinski definition) is 0. The number of halogens is 2. The number of benzene rings is 2. The molecular formula is C25H25Cl2N5O3S. The Morgan fingerprint density at radius 1 is 1.17 bits per heavy atom. The van der Waals surface area contributed by atoms with Gasteiger partial charge in [-0.2, -0.15) is 0 Å². The Morgan fingerprint density at radius 3 is 2.72 bits per heavy atom. The summed E-state index contributed by atoms with van der Waals surface area (Å²) >= 11 is 14.3. The maximum atomic E-state index is 6.54. The van der Waals surface area contributed by atoms with E-state index in [1.807, 2.05) is 45.7 Å². The third kappa shape index (κ3) is 5.55. The molecule has 36 heavy (non-hydrogen) atoms. The van der Waals surface area contributed by atoms with Gasteiger partial charge in [0.15, 0.2) is 5.16 Å². The molecule has 0 aliphatic carbocycles. The van der Waals surface area contributed by atoms with E-state index >= 15 is 0 Å². The predicted octanol–water partition coefficient (Wildman–Crippen LogP) is 5.62. The van der Waals surface area contributed by atoms with Crippen LogP contribution in [0.4, 0.5) is 0 Å². The molecular weight excluding hydrogens is 521 g/mol. The van der Waals surface area contributed by atoms with E-state index in [0.29, 0.717) is 40.6 Å². The fourth-order valence-electron chi connectivity index (χ4n) is 3.96. The smallest absolute Gasteiger partial charge is 0.215 e. The maximum absolute atomic E-state index is 6.54. The molecule has 3 heterocycles.